The molecule has 0 aliphatic carbocycles. The zero-order valence-electron chi connectivity index (χ0n) is 14.8. The predicted octanol–water partition coefficient (Wildman–Crippen LogP) is 4.79. The smallest absolute Gasteiger partial charge is 0.311 e. The normalized spacial score (nSPS) is 10.9. The average molecular weight is 351 g/mol. The van der Waals surface area contributed by atoms with E-state index < -0.39 is 4.92 Å². The molecule has 26 heavy (non-hydrogen) atoms. The summed E-state index contributed by atoms with van der Waals surface area (Å²) in [7, 11) is 0. The lowest BCUT2D eigenvalue weighted by Gasteiger charge is -2.13. The molecule has 3 aromatic rings. The Morgan fingerprint density at radius 3 is 2.65 bits per heavy atom. The zero-order valence-corrected chi connectivity index (χ0v) is 14.8. The van der Waals surface area contributed by atoms with E-state index in [1.165, 1.54) is 6.20 Å². The molecule has 0 aliphatic rings. The molecule has 1 aromatic heterocycles. The molecule has 1 heterocycles. The number of fused-ring (bicyclic) bond motifs is 1. The minimum absolute atomic E-state index is 0.0175. The number of anilines is 1. The Kier molecular flexibility index (Phi) is 5.31. The standard InChI is InChI=1S/C20H21N3O3/c1-14(2)11-22-20-17-9-8-16(26-13-15-6-4-3-5-7-15)10-18(17)21-12-19(20)23(24)25/h3-10,12,14H,11,13H2,1-2H3,(H,21,22). The number of hydrogen-bond donors (Lipinski definition) is 1. The number of ether oxygens (including phenoxy) is 1. The first-order valence-electron chi connectivity index (χ1n) is 8.52. The van der Waals surface area contributed by atoms with Gasteiger partial charge in [0.05, 0.1) is 10.4 Å². The molecule has 6 heteroatoms. The molecule has 1 N–H and O–H groups in total. The third kappa shape index (κ3) is 4.08. The highest BCUT2D eigenvalue weighted by molar-refractivity contribution is 5.96. The van der Waals surface area contributed by atoms with Crippen LogP contribution in [0.5, 0.6) is 5.75 Å². The molecule has 0 radical (unpaired) electrons. The summed E-state index contributed by atoms with van der Waals surface area (Å²) >= 11 is 0. The van der Waals surface area contributed by atoms with Crippen LogP contribution in [0.2, 0.25) is 0 Å². The van der Waals surface area contributed by atoms with E-state index in [2.05, 4.69) is 24.1 Å². The second kappa shape index (κ2) is 7.82. The minimum Gasteiger partial charge on any atom is -0.489 e. The fourth-order valence-electron chi connectivity index (χ4n) is 2.62. The summed E-state index contributed by atoms with van der Waals surface area (Å²) in [4.78, 5) is 15.2. The quantitative estimate of drug-likeness (QED) is 0.489. The topological polar surface area (TPSA) is 77.3 Å². The molecule has 0 amide bonds. The Morgan fingerprint density at radius 2 is 1.96 bits per heavy atom. The number of rotatable bonds is 7. The van der Waals surface area contributed by atoms with Crippen molar-refractivity contribution in [3.8, 4) is 5.75 Å². The van der Waals surface area contributed by atoms with Crippen molar-refractivity contribution in [2.45, 2.75) is 20.5 Å². The molecular formula is C20H21N3O3. The SMILES string of the molecule is CC(C)CNc1c([N+](=O)[O-])cnc2cc(OCc3ccccc3)ccc12. The van der Waals surface area contributed by atoms with Gasteiger partial charge in [-0.2, -0.15) is 0 Å². The van der Waals surface area contributed by atoms with Crippen LogP contribution in [0, 0.1) is 16.0 Å². The summed E-state index contributed by atoms with van der Waals surface area (Å²) in [6.45, 7) is 5.21. The maximum absolute atomic E-state index is 11.3. The fourth-order valence-corrected chi connectivity index (χ4v) is 2.62. The van der Waals surface area contributed by atoms with Gasteiger partial charge in [-0.15, -0.1) is 0 Å². The van der Waals surface area contributed by atoms with E-state index in [9.17, 15) is 10.1 Å². The number of nitro groups is 1. The Morgan fingerprint density at radius 1 is 1.19 bits per heavy atom. The minimum atomic E-state index is -0.408. The predicted molar refractivity (Wildman–Crippen MR) is 102 cm³/mol. The van der Waals surface area contributed by atoms with Crippen molar-refractivity contribution in [3.05, 3.63) is 70.4 Å². The van der Waals surface area contributed by atoms with Crippen LogP contribution >= 0.6 is 0 Å². The van der Waals surface area contributed by atoms with Crippen LogP contribution in [0.15, 0.2) is 54.7 Å². The van der Waals surface area contributed by atoms with Crippen molar-refractivity contribution in [2.75, 3.05) is 11.9 Å². The van der Waals surface area contributed by atoms with Gasteiger partial charge in [0.25, 0.3) is 0 Å². The first-order chi connectivity index (χ1) is 12.5. The number of nitrogens with zero attached hydrogens (tertiary/aromatic N) is 2. The molecular weight excluding hydrogens is 330 g/mol. The molecule has 6 nitrogen and oxygen atoms in total. The molecule has 2 aromatic carbocycles. The van der Waals surface area contributed by atoms with Crippen molar-refractivity contribution in [2.24, 2.45) is 5.92 Å². The third-order valence-corrected chi connectivity index (χ3v) is 3.95. The van der Waals surface area contributed by atoms with E-state index in [1.807, 2.05) is 48.5 Å². The molecule has 0 saturated carbocycles. The number of nitrogens with one attached hydrogen (secondary N) is 1. The Balaban J connectivity index is 1.89. The van der Waals surface area contributed by atoms with E-state index in [-0.39, 0.29) is 5.69 Å². The summed E-state index contributed by atoms with van der Waals surface area (Å²) in [5.41, 5.74) is 2.22. The Hall–Kier alpha value is -3.15. The molecule has 0 spiro atoms. The van der Waals surface area contributed by atoms with Gasteiger partial charge in [-0.1, -0.05) is 44.2 Å². The summed E-state index contributed by atoms with van der Waals surface area (Å²) in [6, 6.07) is 15.3. The first kappa shape index (κ1) is 17.7. The van der Waals surface area contributed by atoms with E-state index in [1.54, 1.807) is 0 Å². The van der Waals surface area contributed by atoms with Gasteiger partial charge < -0.3 is 10.1 Å². The van der Waals surface area contributed by atoms with E-state index >= 15 is 0 Å². The largest absolute Gasteiger partial charge is 0.489 e. The maximum atomic E-state index is 11.3. The monoisotopic (exact) mass is 351 g/mol. The second-order valence-electron chi connectivity index (χ2n) is 6.50. The van der Waals surface area contributed by atoms with Crippen molar-refractivity contribution < 1.29 is 9.66 Å². The summed E-state index contributed by atoms with van der Waals surface area (Å²) in [5.74, 6) is 1.05. The van der Waals surface area contributed by atoms with Gasteiger partial charge in [0, 0.05) is 18.0 Å². The second-order valence-corrected chi connectivity index (χ2v) is 6.50. The lowest BCUT2D eigenvalue weighted by molar-refractivity contribution is -0.384. The number of benzene rings is 2. The van der Waals surface area contributed by atoms with Crippen molar-refractivity contribution in [3.63, 3.8) is 0 Å². The van der Waals surface area contributed by atoms with Gasteiger partial charge in [-0.3, -0.25) is 10.1 Å². The van der Waals surface area contributed by atoms with Gasteiger partial charge in [-0.25, -0.2) is 4.98 Å². The van der Waals surface area contributed by atoms with Crippen LogP contribution in [0.1, 0.15) is 19.4 Å². The van der Waals surface area contributed by atoms with Crippen LogP contribution in [0.25, 0.3) is 10.9 Å². The van der Waals surface area contributed by atoms with Crippen LogP contribution in [0.4, 0.5) is 11.4 Å². The highest BCUT2D eigenvalue weighted by Crippen LogP contribution is 2.33. The van der Waals surface area contributed by atoms with Crippen LogP contribution in [0.3, 0.4) is 0 Å². The molecule has 0 fully saturated rings. The Labute approximate surface area is 152 Å². The molecule has 134 valence electrons. The van der Waals surface area contributed by atoms with Gasteiger partial charge in [0.1, 0.15) is 24.2 Å². The first-order valence-corrected chi connectivity index (χ1v) is 8.52. The molecule has 0 unspecified atom stereocenters. The highest BCUT2D eigenvalue weighted by Gasteiger charge is 2.18. The van der Waals surface area contributed by atoms with Crippen LogP contribution in [-0.2, 0) is 6.61 Å². The summed E-state index contributed by atoms with van der Waals surface area (Å²) in [6.07, 6.45) is 1.30. The Bertz CT molecular complexity index is 911. The number of aromatic nitrogens is 1. The van der Waals surface area contributed by atoms with Crippen molar-refractivity contribution >= 4 is 22.3 Å². The molecule has 0 aliphatic heterocycles. The average Bonchev–Trinajstić information content (AvgIpc) is 2.64. The van der Waals surface area contributed by atoms with E-state index in [0.717, 1.165) is 5.56 Å². The zero-order chi connectivity index (χ0) is 18.5. The van der Waals surface area contributed by atoms with Gasteiger partial charge in [0.2, 0.25) is 0 Å². The number of hydrogen-bond acceptors (Lipinski definition) is 5. The summed E-state index contributed by atoms with van der Waals surface area (Å²) < 4.78 is 5.82. The van der Waals surface area contributed by atoms with Crippen molar-refractivity contribution in [1.29, 1.82) is 0 Å². The van der Waals surface area contributed by atoms with E-state index in [4.69, 9.17) is 4.74 Å². The highest BCUT2D eigenvalue weighted by atomic mass is 16.6. The lowest BCUT2D eigenvalue weighted by Crippen LogP contribution is -2.10. The van der Waals surface area contributed by atoms with Crippen LogP contribution in [-0.4, -0.2) is 16.5 Å². The van der Waals surface area contributed by atoms with Crippen LogP contribution < -0.4 is 10.1 Å². The van der Waals surface area contributed by atoms with Gasteiger partial charge >= 0.3 is 5.69 Å². The maximum Gasteiger partial charge on any atom is 0.311 e. The lowest BCUT2D eigenvalue weighted by atomic mass is 10.1. The molecule has 0 atom stereocenters. The van der Waals surface area contributed by atoms with Gasteiger partial charge in [-0.05, 0) is 23.6 Å². The number of pyridine rings is 1. The summed E-state index contributed by atoms with van der Waals surface area (Å²) in [5, 5.41) is 15.2. The fraction of sp³-hybridized carbons (Fsp3) is 0.250. The van der Waals surface area contributed by atoms with Gasteiger partial charge in [0.15, 0.2) is 0 Å². The van der Waals surface area contributed by atoms with E-state index in [0.29, 0.717) is 41.4 Å². The molecule has 3 rings (SSSR count). The molecule has 0 saturated heterocycles. The van der Waals surface area contributed by atoms with Crippen molar-refractivity contribution in [1.82, 2.24) is 4.98 Å². The molecule has 0 bridgehead atoms. The third-order valence-electron chi connectivity index (χ3n) is 3.95.